The fraction of sp³-hybridized carbons (Fsp3) is 0.765. The molecular formula is C17H29N3O2. The van der Waals surface area contributed by atoms with Gasteiger partial charge in [0.2, 0.25) is 5.91 Å². The molecule has 0 atom stereocenters. The molecular weight excluding hydrogens is 278 g/mol. The second-order valence-electron chi connectivity index (χ2n) is 6.94. The fourth-order valence-corrected chi connectivity index (χ4v) is 3.11. The minimum absolute atomic E-state index is 0.0269. The molecule has 2 heterocycles. The lowest BCUT2D eigenvalue weighted by Crippen LogP contribution is -2.53. The van der Waals surface area contributed by atoms with Gasteiger partial charge >= 0.3 is 0 Å². The van der Waals surface area contributed by atoms with Crippen molar-refractivity contribution in [3.05, 3.63) is 17.0 Å². The second kappa shape index (κ2) is 7.27. The Kier molecular flexibility index (Phi) is 5.62. The molecule has 0 radical (unpaired) electrons. The summed E-state index contributed by atoms with van der Waals surface area (Å²) in [5, 5.41) is 7.02. The highest BCUT2D eigenvalue weighted by Crippen LogP contribution is 2.20. The number of aromatic nitrogens is 1. The Bertz CT molecular complexity index is 483. The van der Waals surface area contributed by atoms with Crippen LogP contribution in [0.15, 0.2) is 4.52 Å². The first-order valence-electron chi connectivity index (χ1n) is 8.33. The van der Waals surface area contributed by atoms with Gasteiger partial charge in [-0.05, 0) is 60.0 Å². The first-order chi connectivity index (χ1) is 10.4. The van der Waals surface area contributed by atoms with E-state index in [1.54, 1.807) is 0 Å². The van der Waals surface area contributed by atoms with Gasteiger partial charge < -0.3 is 9.84 Å². The van der Waals surface area contributed by atoms with Gasteiger partial charge in [0.05, 0.1) is 5.69 Å². The van der Waals surface area contributed by atoms with Crippen LogP contribution in [-0.4, -0.2) is 41.1 Å². The minimum atomic E-state index is 0.0269. The van der Waals surface area contributed by atoms with Gasteiger partial charge in [0.25, 0.3) is 0 Å². The number of rotatable bonds is 6. The van der Waals surface area contributed by atoms with Crippen LogP contribution in [-0.2, 0) is 11.2 Å². The number of carbonyl (C=O) groups excluding carboxylic acids is 1. The van der Waals surface area contributed by atoms with Gasteiger partial charge in [-0.2, -0.15) is 0 Å². The molecule has 1 aliphatic heterocycles. The molecule has 2 rings (SSSR count). The van der Waals surface area contributed by atoms with Gasteiger partial charge in [0.1, 0.15) is 5.76 Å². The summed E-state index contributed by atoms with van der Waals surface area (Å²) in [5.74, 6) is 0.920. The molecule has 1 N–H and O–H groups in total. The zero-order valence-electron chi connectivity index (χ0n) is 14.4. The van der Waals surface area contributed by atoms with Crippen molar-refractivity contribution in [3.63, 3.8) is 0 Å². The Morgan fingerprint density at radius 2 is 1.95 bits per heavy atom. The van der Waals surface area contributed by atoms with Crippen molar-refractivity contribution in [1.82, 2.24) is 15.4 Å². The molecule has 0 bridgehead atoms. The van der Waals surface area contributed by atoms with E-state index in [1.165, 1.54) is 19.3 Å². The van der Waals surface area contributed by atoms with Gasteiger partial charge in [-0.3, -0.25) is 9.69 Å². The van der Waals surface area contributed by atoms with Gasteiger partial charge in [0.15, 0.2) is 0 Å². The highest BCUT2D eigenvalue weighted by Gasteiger charge is 2.28. The molecule has 1 aromatic rings. The molecule has 1 amide bonds. The molecule has 1 saturated heterocycles. The van der Waals surface area contributed by atoms with Crippen LogP contribution in [0.4, 0.5) is 0 Å². The topological polar surface area (TPSA) is 58.4 Å². The third kappa shape index (κ3) is 4.32. The summed E-state index contributed by atoms with van der Waals surface area (Å²) < 4.78 is 5.13. The Balaban J connectivity index is 1.77. The average Bonchev–Trinajstić information content (AvgIpc) is 2.83. The second-order valence-corrected chi connectivity index (χ2v) is 6.94. The van der Waals surface area contributed by atoms with E-state index in [0.717, 1.165) is 30.1 Å². The maximum Gasteiger partial charge on any atom is 0.220 e. The van der Waals surface area contributed by atoms with Crippen molar-refractivity contribution >= 4 is 5.91 Å². The molecule has 22 heavy (non-hydrogen) atoms. The van der Waals surface area contributed by atoms with E-state index in [9.17, 15) is 4.79 Å². The molecule has 5 heteroatoms. The molecule has 0 spiro atoms. The number of piperidine rings is 1. The Hall–Kier alpha value is -1.36. The maximum absolute atomic E-state index is 12.1. The van der Waals surface area contributed by atoms with Crippen molar-refractivity contribution in [2.45, 2.75) is 65.3 Å². The summed E-state index contributed by atoms with van der Waals surface area (Å²) in [6.07, 6.45) is 5.04. The SMILES string of the molecule is Cc1noc(C)c1CCC(=O)NCC(C)(C)N1CCCCC1. The quantitative estimate of drug-likeness (QED) is 0.877. The van der Waals surface area contributed by atoms with Crippen LogP contribution in [0.5, 0.6) is 0 Å². The number of hydrogen-bond acceptors (Lipinski definition) is 4. The maximum atomic E-state index is 12.1. The molecule has 0 unspecified atom stereocenters. The molecule has 1 aliphatic rings. The first kappa shape index (κ1) is 17.0. The van der Waals surface area contributed by atoms with Gasteiger partial charge in [-0.1, -0.05) is 11.6 Å². The normalized spacial score (nSPS) is 16.7. The van der Waals surface area contributed by atoms with Crippen LogP contribution in [0.25, 0.3) is 0 Å². The number of nitrogens with one attached hydrogen (secondary N) is 1. The smallest absolute Gasteiger partial charge is 0.220 e. The Morgan fingerprint density at radius 1 is 1.27 bits per heavy atom. The third-order valence-corrected chi connectivity index (χ3v) is 4.71. The largest absolute Gasteiger partial charge is 0.361 e. The van der Waals surface area contributed by atoms with Crippen molar-refractivity contribution in [1.29, 1.82) is 0 Å². The lowest BCUT2D eigenvalue weighted by Gasteiger charge is -2.41. The van der Waals surface area contributed by atoms with Crippen LogP contribution in [0.3, 0.4) is 0 Å². The van der Waals surface area contributed by atoms with Crippen molar-refractivity contribution < 1.29 is 9.32 Å². The summed E-state index contributed by atoms with van der Waals surface area (Å²) in [5.41, 5.74) is 1.98. The van der Waals surface area contributed by atoms with Gasteiger partial charge in [-0.25, -0.2) is 0 Å². The van der Waals surface area contributed by atoms with E-state index < -0.39 is 0 Å². The van der Waals surface area contributed by atoms with Crippen molar-refractivity contribution in [3.8, 4) is 0 Å². The summed E-state index contributed by atoms with van der Waals surface area (Å²) in [6, 6.07) is 0. The third-order valence-electron chi connectivity index (χ3n) is 4.71. The van der Waals surface area contributed by atoms with Crippen LogP contribution < -0.4 is 5.32 Å². The highest BCUT2D eigenvalue weighted by molar-refractivity contribution is 5.76. The summed E-state index contributed by atoms with van der Waals surface area (Å²) >= 11 is 0. The number of carbonyl (C=O) groups is 1. The number of hydrogen-bond donors (Lipinski definition) is 1. The van der Waals surface area contributed by atoms with Crippen molar-refractivity contribution in [2.75, 3.05) is 19.6 Å². The zero-order valence-corrected chi connectivity index (χ0v) is 14.4. The van der Waals surface area contributed by atoms with E-state index in [1.807, 2.05) is 13.8 Å². The van der Waals surface area contributed by atoms with E-state index in [2.05, 4.69) is 29.2 Å². The lowest BCUT2D eigenvalue weighted by molar-refractivity contribution is -0.121. The highest BCUT2D eigenvalue weighted by atomic mass is 16.5. The molecule has 1 aromatic heterocycles. The number of nitrogens with zero attached hydrogens (tertiary/aromatic N) is 2. The van der Waals surface area contributed by atoms with Crippen LogP contribution in [0.2, 0.25) is 0 Å². The predicted molar refractivity (Wildman–Crippen MR) is 86.8 cm³/mol. The van der Waals surface area contributed by atoms with E-state index in [4.69, 9.17) is 4.52 Å². The van der Waals surface area contributed by atoms with Crippen LogP contribution in [0, 0.1) is 13.8 Å². The van der Waals surface area contributed by atoms with Crippen LogP contribution >= 0.6 is 0 Å². The Morgan fingerprint density at radius 3 is 2.55 bits per heavy atom. The van der Waals surface area contributed by atoms with Crippen LogP contribution in [0.1, 0.15) is 56.5 Å². The summed E-state index contributed by atoms with van der Waals surface area (Å²) in [4.78, 5) is 14.6. The predicted octanol–water partition coefficient (Wildman–Crippen LogP) is 2.60. The average molecular weight is 307 g/mol. The minimum Gasteiger partial charge on any atom is -0.361 e. The summed E-state index contributed by atoms with van der Waals surface area (Å²) in [6.45, 7) is 11.2. The number of likely N-dealkylation sites (tertiary alicyclic amines) is 1. The van der Waals surface area contributed by atoms with E-state index >= 15 is 0 Å². The molecule has 0 aliphatic carbocycles. The number of aryl methyl sites for hydroxylation is 2. The van der Waals surface area contributed by atoms with Crippen molar-refractivity contribution in [2.24, 2.45) is 0 Å². The molecule has 0 saturated carbocycles. The fourth-order valence-electron chi connectivity index (χ4n) is 3.11. The van der Waals surface area contributed by atoms with Gasteiger partial charge in [0, 0.05) is 24.1 Å². The summed E-state index contributed by atoms with van der Waals surface area (Å²) in [7, 11) is 0. The van der Waals surface area contributed by atoms with Gasteiger partial charge in [-0.15, -0.1) is 0 Å². The molecule has 1 fully saturated rings. The number of amides is 1. The Labute approximate surface area is 133 Å². The van der Waals surface area contributed by atoms with E-state index in [0.29, 0.717) is 19.4 Å². The molecule has 0 aromatic carbocycles. The standard InChI is InChI=1S/C17H29N3O2/c1-13-15(14(2)22-19-13)8-9-16(21)18-12-17(3,4)20-10-6-5-7-11-20/h5-12H2,1-4H3,(H,18,21). The lowest BCUT2D eigenvalue weighted by atomic mass is 9.98. The molecule has 5 nitrogen and oxygen atoms in total. The molecule has 124 valence electrons. The first-order valence-corrected chi connectivity index (χ1v) is 8.33. The zero-order chi connectivity index (χ0) is 16.2. The van der Waals surface area contributed by atoms with E-state index in [-0.39, 0.29) is 11.4 Å². The monoisotopic (exact) mass is 307 g/mol.